The summed E-state index contributed by atoms with van der Waals surface area (Å²) in [6, 6.07) is 4.71. The lowest BCUT2D eigenvalue weighted by molar-refractivity contribution is -0.140. The highest BCUT2D eigenvalue weighted by atomic mass is 35.5. The molecule has 1 aliphatic rings. The molecule has 0 unspecified atom stereocenters. The molecule has 3 N–H and O–H groups in total. The third kappa shape index (κ3) is 4.47. The summed E-state index contributed by atoms with van der Waals surface area (Å²) in [4.78, 5) is 34.9. The maximum absolute atomic E-state index is 12.2. The van der Waals surface area contributed by atoms with Gasteiger partial charge in [0.2, 0.25) is 0 Å². The van der Waals surface area contributed by atoms with Crippen LogP contribution < -0.4 is 10.5 Å². The van der Waals surface area contributed by atoms with Gasteiger partial charge in [0.05, 0.1) is 9.93 Å². The Morgan fingerprint density at radius 3 is 2.75 bits per heavy atom. The number of primary amides is 1. The molecule has 126 valence electrons. The van der Waals surface area contributed by atoms with Gasteiger partial charge < -0.3 is 15.6 Å². The first-order valence-electron chi connectivity index (χ1n) is 6.45. The van der Waals surface area contributed by atoms with E-state index in [1.165, 1.54) is 6.07 Å². The van der Waals surface area contributed by atoms with Crippen LogP contribution in [0.15, 0.2) is 23.1 Å². The predicted octanol–water partition coefficient (Wildman–Crippen LogP) is 1.49. The summed E-state index contributed by atoms with van der Waals surface area (Å²) in [5.74, 6) is -1.97. The molecule has 1 aliphatic heterocycles. The topological polar surface area (TPSA) is 110 Å². The number of nitrogens with zero attached hydrogens (tertiary/aromatic N) is 1. The summed E-state index contributed by atoms with van der Waals surface area (Å²) >= 11 is 12.1. The minimum atomic E-state index is -1.15. The number of thioether (sulfide) groups is 1. The zero-order valence-corrected chi connectivity index (χ0v) is 14.4. The van der Waals surface area contributed by atoms with Gasteiger partial charge in [0, 0.05) is 0 Å². The number of carbonyl (C=O) groups is 3. The van der Waals surface area contributed by atoms with Crippen molar-refractivity contribution in [3.8, 4) is 5.75 Å². The molecule has 0 saturated carbocycles. The van der Waals surface area contributed by atoms with E-state index in [0.29, 0.717) is 10.5 Å². The van der Waals surface area contributed by atoms with Gasteiger partial charge in [-0.1, -0.05) is 41.6 Å². The number of carboxylic acid groups (broad SMARTS) is 1. The van der Waals surface area contributed by atoms with Gasteiger partial charge in [-0.2, -0.15) is 0 Å². The fraction of sp³-hybridized carbons (Fsp3) is 0.143. The van der Waals surface area contributed by atoms with Crippen LogP contribution in [0.3, 0.4) is 0 Å². The van der Waals surface area contributed by atoms with Gasteiger partial charge in [-0.3, -0.25) is 19.3 Å². The summed E-state index contributed by atoms with van der Waals surface area (Å²) in [6.07, 6.45) is 1.55. The van der Waals surface area contributed by atoms with Crippen molar-refractivity contribution < 1.29 is 24.2 Å². The van der Waals surface area contributed by atoms with Gasteiger partial charge in [0.15, 0.2) is 6.61 Å². The number of aliphatic carboxylic acids is 1. The van der Waals surface area contributed by atoms with Crippen LogP contribution in [0.1, 0.15) is 5.56 Å². The summed E-state index contributed by atoms with van der Waals surface area (Å²) < 4.78 is 5.31. The zero-order chi connectivity index (χ0) is 17.9. The molecule has 1 aromatic carbocycles. The number of carbonyl (C=O) groups excluding carboxylic acids is 2. The van der Waals surface area contributed by atoms with E-state index < -0.39 is 24.3 Å². The van der Waals surface area contributed by atoms with Gasteiger partial charge in [-0.05, 0) is 23.8 Å². The van der Waals surface area contributed by atoms with E-state index in [1.54, 1.807) is 18.2 Å². The molecule has 7 nitrogen and oxygen atoms in total. The second-order valence-electron chi connectivity index (χ2n) is 4.61. The van der Waals surface area contributed by atoms with Crippen LogP contribution in [0.25, 0.3) is 6.08 Å². The van der Waals surface area contributed by atoms with Crippen molar-refractivity contribution >= 4 is 63.8 Å². The number of benzene rings is 1. The maximum atomic E-state index is 12.2. The van der Waals surface area contributed by atoms with Crippen molar-refractivity contribution in [2.45, 2.75) is 0 Å². The molecule has 2 rings (SSSR count). The lowest BCUT2D eigenvalue weighted by atomic mass is 10.2. The number of hydrogen-bond acceptors (Lipinski definition) is 6. The lowest BCUT2D eigenvalue weighted by Gasteiger charge is -2.10. The van der Waals surface area contributed by atoms with Crippen LogP contribution in [0.2, 0.25) is 5.02 Å². The molecule has 1 aromatic rings. The van der Waals surface area contributed by atoms with E-state index >= 15 is 0 Å². The summed E-state index contributed by atoms with van der Waals surface area (Å²) in [7, 11) is 0. The Hall–Kier alpha value is -2.10. The maximum Gasteiger partial charge on any atom is 0.323 e. The molecule has 1 heterocycles. The number of ether oxygens (including phenoxy) is 1. The lowest BCUT2D eigenvalue weighted by Crippen LogP contribution is -2.33. The predicted molar refractivity (Wildman–Crippen MR) is 93.7 cm³/mol. The molecule has 0 atom stereocenters. The molecule has 0 aliphatic carbocycles. The first-order valence-corrected chi connectivity index (χ1v) is 8.06. The summed E-state index contributed by atoms with van der Waals surface area (Å²) in [5, 5.41) is 9.04. The Morgan fingerprint density at radius 2 is 2.17 bits per heavy atom. The number of amides is 2. The highest BCUT2D eigenvalue weighted by Crippen LogP contribution is 2.33. The summed E-state index contributed by atoms with van der Waals surface area (Å²) in [5.41, 5.74) is 5.59. The highest BCUT2D eigenvalue weighted by molar-refractivity contribution is 8.26. The van der Waals surface area contributed by atoms with E-state index in [4.69, 9.17) is 39.4 Å². The number of nitrogens with two attached hydrogens (primary N) is 1. The van der Waals surface area contributed by atoms with Gasteiger partial charge in [-0.15, -0.1) is 0 Å². The van der Waals surface area contributed by atoms with E-state index in [-0.39, 0.29) is 21.7 Å². The number of hydrogen-bond donors (Lipinski definition) is 2. The monoisotopic (exact) mass is 386 g/mol. The molecule has 1 fully saturated rings. The van der Waals surface area contributed by atoms with Crippen LogP contribution in [0.4, 0.5) is 0 Å². The quantitative estimate of drug-likeness (QED) is 0.563. The largest absolute Gasteiger partial charge is 0.482 e. The van der Waals surface area contributed by atoms with Crippen molar-refractivity contribution in [3.05, 3.63) is 33.7 Å². The fourth-order valence-electron chi connectivity index (χ4n) is 1.80. The van der Waals surface area contributed by atoms with Crippen LogP contribution in [0.5, 0.6) is 5.75 Å². The number of carboxylic acids is 1. The molecule has 0 spiro atoms. The van der Waals surface area contributed by atoms with E-state index in [9.17, 15) is 14.4 Å². The van der Waals surface area contributed by atoms with Crippen LogP contribution in [-0.4, -0.2) is 45.3 Å². The minimum Gasteiger partial charge on any atom is -0.482 e. The highest BCUT2D eigenvalue weighted by Gasteiger charge is 2.33. The molecule has 24 heavy (non-hydrogen) atoms. The SMILES string of the molecule is NC(=O)COc1ccc(C=C2SC(=S)N(CC(=O)O)C2=O)cc1Cl. The molecule has 0 aromatic heterocycles. The van der Waals surface area contributed by atoms with Gasteiger partial charge >= 0.3 is 5.97 Å². The number of thiocarbonyl (C=S) groups is 1. The first-order chi connectivity index (χ1) is 11.3. The van der Waals surface area contributed by atoms with E-state index in [2.05, 4.69) is 0 Å². The molecule has 2 amide bonds. The Kier molecular flexibility index (Phi) is 5.81. The molecule has 10 heteroatoms. The standard InChI is InChI=1S/C14H11ClN2O5S2/c15-8-3-7(1-2-9(8)22-6-11(16)18)4-10-13(21)17(5-12(19)20)14(23)24-10/h1-4H,5-6H2,(H2,16,18)(H,19,20). The molecular weight excluding hydrogens is 376 g/mol. The third-order valence-corrected chi connectivity index (χ3v) is 4.46. The average Bonchev–Trinajstić information content (AvgIpc) is 2.73. The normalized spacial score (nSPS) is 15.9. The molecule has 1 saturated heterocycles. The second-order valence-corrected chi connectivity index (χ2v) is 6.69. The Labute approximate surface area is 151 Å². The van der Waals surface area contributed by atoms with Gasteiger partial charge in [0.1, 0.15) is 16.6 Å². The van der Waals surface area contributed by atoms with Crippen LogP contribution >= 0.6 is 35.6 Å². The van der Waals surface area contributed by atoms with Crippen molar-refractivity contribution in [1.29, 1.82) is 0 Å². The first kappa shape index (κ1) is 18.2. The van der Waals surface area contributed by atoms with E-state index in [0.717, 1.165) is 16.7 Å². The van der Waals surface area contributed by atoms with Crippen molar-refractivity contribution in [2.75, 3.05) is 13.2 Å². The van der Waals surface area contributed by atoms with Crippen molar-refractivity contribution in [3.63, 3.8) is 0 Å². The second kappa shape index (κ2) is 7.65. The Bertz CT molecular complexity index is 766. The van der Waals surface area contributed by atoms with Crippen LogP contribution in [0, 0.1) is 0 Å². The Morgan fingerprint density at radius 1 is 1.46 bits per heavy atom. The summed E-state index contributed by atoms with van der Waals surface area (Å²) in [6.45, 7) is -0.782. The van der Waals surface area contributed by atoms with Gasteiger partial charge in [0.25, 0.3) is 11.8 Å². The smallest absolute Gasteiger partial charge is 0.323 e. The van der Waals surface area contributed by atoms with Gasteiger partial charge in [-0.25, -0.2) is 0 Å². The molecule has 0 radical (unpaired) electrons. The molecule has 0 bridgehead atoms. The Balaban J connectivity index is 2.18. The van der Waals surface area contributed by atoms with E-state index in [1.807, 2.05) is 0 Å². The molecular formula is C14H11ClN2O5S2. The third-order valence-electron chi connectivity index (χ3n) is 2.79. The minimum absolute atomic E-state index is 0.182. The zero-order valence-electron chi connectivity index (χ0n) is 12.0. The van der Waals surface area contributed by atoms with Crippen molar-refractivity contribution in [2.24, 2.45) is 5.73 Å². The number of rotatable bonds is 6. The van der Waals surface area contributed by atoms with Crippen molar-refractivity contribution in [1.82, 2.24) is 4.90 Å². The fourth-order valence-corrected chi connectivity index (χ4v) is 3.29. The number of halogens is 1. The average molecular weight is 387 g/mol. The van der Waals surface area contributed by atoms with Crippen LogP contribution in [-0.2, 0) is 14.4 Å².